The van der Waals surface area contributed by atoms with Crippen molar-refractivity contribution in [1.82, 2.24) is 9.55 Å². The van der Waals surface area contributed by atoms with E-state index in [1.807, 2.05) is 24.3 Å². The molecule has 0 fully saturated rings. The number of carbonyl (C=O) groups excluding carboxylic acids is 1. The first kappa shape index (κ1) is 12.4. The highest BCUT2D eigenvalue weighted by Gasteiger charge is 2.15. The third-order valence-electron chi connectivity index (χ3n) is 2.93. The van der Waals surface area contributed by atoms with Crippen LogP contribution in [0.25, 0.3) is 10.9 Å². The van der Waals surface area contributed by atoms with E-state index in [1.165, 1.54) is 11.3 Å². The normalized spacial score (nSPS) is 10.3. The van der Waals surface area contributed by atoms with Gasteiger partial charge in [0, 0.05) is 28.7 Å². The summed E-state index contributed by atoms with van der Waals surface area (Å²) in [7, 11) is 0. The first-order valence-corrected chi connectivity index (χ1v) is 6.83. The van der Waals surface area contributed by atoms with Gasteiger partial charge >= 0.3 is 0 Å². The van der Waals surface area contributed by atoms with Gasteiger partial charge in [-0.1, -0.05) is 18.2 Å². The Morgan fingerprint density at radius 3 is 3.05 bits per heavy atom. The second kappa shape index (κ2) is 5.15. The van der Waals surface area contributed by atoms with Gasteiger partial charge in [-0.15, -0.1) is 11.3 Å². The van der Waals surface area contributed by atoms with Crippen molar-refractivity contribution in [3.05, 3.63) is 47.6 Å². The molecule has 0 spiro atoms. The van der Waals surface area contributed by atoms with Crippen molar-refractivity contribution in [1.29, 1.82) is 5.26 Å². The predicted octanol–water partition coefficient (Wildman–Crippen LogP) is 2.87. The van der Waals surface area contributed by atoms with Crippen LogP contribution < -0.4 is 5.32 Å². The highest BCUT2D eigenvalue weighted by atomic mass is 32.1. The number of amides is 1. The fourth-order valence-corrected chi connectivity index (χ4v) is 2.61. The van der Waals surface area contributed by atoms with Crippen LogP contribution in [-0.4, -0.2) is 15.5 Å². The largest absolute Gasteiger partial charge is 0.333 e. The third-order valence-corrected chi connectivity index (χ3v) is 3.62. The Hall–Kier alpha value is -2.65. The Bertz CT molecular complexity index is 798. The second-order valence-electron chi connectivity index (χ2n) is 4.14. The zero-order chi connectivity index (χ0) is 13.9. The van der Waals surface area contributed by atoms with Crippen LogP contribution in [0.4, 0.5) is 5.13 Å². The summed E-state index contributed by atoms with van der Waals surface area (Å²) in [6, 6.07) is 9.63. The van der Waals surface area contributed by atoms with Crippen LogP contribution >= 0.6 is 11.3 Å². The molecule has 3 aromatic rings. The predicted molar refractivity (Wildman–Crippen MR) is 77.6 cm³/mol. The molecular weight excluding hydrogens is 272 g/mol. The summed E-state index contributed by atoms with van der Waals surface area (Å²) in [5.74, 6) is -0.215. The Morgan fingerprint density at radius 1 is 1.45 bits per heavy atom. The molecule has 0 saturated carbocycles. The Balaban J connectivity index is 2.03. The smallest absolute Gasteiger partial charge is 0.259 e. The number of fused-ring (bicyclic) bond motifs is 1. The van der Waals surface area contributed by atoms with E-state index >= 15 is 0 Å². The minimum atomic E-state index is -0.215. The number of carbonyl (C=O) groups is 1. The van der Waals surface area contributed by atoms with E-state index in [9.17, 15) is 4.79 Å². The van der Waals surface area contributed by atoms with Gasteiger partial charge in [-0.25, -0.2) is 4.98 Å². The summed E-state index contributed by atoms with van der Waals surface area (Å²) in [4.78, 5) is 16.3. The fourth-order valence-electron chi connectivity index (χ4n) is 2.08. The molecular formula is C14H10N4OS. The lowest BCUT2D eigenvalue weighted by molar-refractivity contribution is 0.102. The van der Waals surface area contributed by atoms with Gasteiger partial charge in [-0.05, 0) is 6.07 Å². The van der Waals surface area contributed by atoms with E-state index in [1.54, 1.807) is 22.3 Å². The molecule has 20 heavy (non-hydrogen) atoms. The van der Waals surface area contributed by atoms with Crippen molar-refractivity contribution in [2.24, 2.45) is 0 Å². The van der Waals surface area contributed by atoms with Crippen molar-refractivity contribution < 1.29 is 4.79 Å². The van der Waals surface area contributed by atoms with Crippen molar-refractivity contribution in [3.63, 3.8) is 0 Å². The van der Waals surface area contributed by atoms with Crippen LogP contribution in [0, 0.1) is 11.3 Å². The highest BCUT2D eigenvalue weighted by Crippen LogP contribution is 2.22. The topological polar surface area (TPSA) is 70.7 Å². The number of hydrogen-bond donors (Lipinski definition) is 1. The first-order valence-electron chi connectivity index (χ1n) is 5.95. The third kappa shape index (κ3) is 2.15. The number of nitriles is 1. The number of anilines is 1. The maximum Gasteiger partial charge on any atom is 0.259 e. The fraction of sp³-hybridized carbons (Fsp3) is 0.0714. The van der Waals surface area contributed by atoms with E-state index in [-0.39, 0.29) is 12.5 Å². The van der Waals surface area contributed by atoms with E-state index in [0.717, 1.165) is 10.9 Å². The standard InChI is InChI=1S/C14H10N4OS/c15-5-7-18-9-11(10-3-1-2-4-12(10)18)13(19)17-14-16-6-8-20-14/h1-4,6,8-9H,7H2,(H,16,17,19). The SMILES string of the molecule is N#CCn1cc(C(=O)Nc2nccs2)c2ccccc21. The highest BCUT2D eigenvalue weighted by molar-refractivity contribution is 7.13. The maximum atomic E-state index is 12.3. The molecule has 1 aromatic carbocycles. The number of rotatable bonds is 3. The Labute approximate surface area is 119 Å². The van der Waals surface area contributed by atoms with Crippen LogP contribution in [0.5, 0.6) is 0 Å². The molecule has 3 rings (SSSR count). The van der Waals surface area contributed by atoms with Gasteiger partial charge in [0.25, 0.3) is 5.91 Å². The quantitative estimate of drug-likeness (QED) is 0.803. The number of benzene rings is 1. The van der Waals surface area contributed by atoms with Crippen molar-refractivity contribution in [2.75, 3.05) is 5.32 Å². The molecule has 0 radical (unpaired) electrons. The minimum absolute atomic E-state index is 0.213. The van der Waals surface area contributed by atoms with Crippen molar-refractivity contribution in [2.45, 2.75) is 6.54 Å². The molecule has 5 nitrogen and oxygen atoms in total. The van der Waals surface area contributed by atoms with Crippen LogP contribution in [0.15, 0.2) is 42.0 Å². The summed E-state index contributed by atoms with van der Waals surface area (Å²) in [5, 5.41) is 14.8. The molecule has 0 unspecified atom stereocenters. The molecule has 1 amide bonds. The average Bonchev–Trinajstić information content (AvgIpc) is 3.08. The maximum absolute atomic E-state index is 12.3. The average molecular weight is 282 g/mol. The molecule has 0 atom stereocenters. The first-order chi connectivity index (χ1) is 9.79. The van der Waals surface area contributed by atoms with Gasteiger partial charge < -0.3 is 4.57 Å². The molecule has 0 bridgehead atoms. The van der Waals surface area contributed by atoms with Crippen LogP contribution in [0.3, 0.4) is 0 Å². The molecule has 2 heterocycles. The molecule has 98 valence electrons. The van der Waals surface area contributed by atoms with E-state index in [2.05, 4.69) is 16.4 Å². The van der Waals surface area contributed by atoms with Gasteiger partial charge in [0.2, 0.25) is 0 Å². The summed E-state index contributed by atoms with van der Waals surface area (Å²) in [6.45, 7) is 0.213. The van der Waals surface area contributed by atoms with Gasteiger partial charge in [0.15, 0.2) is 5.13 Å². The second-order valence-corrected chi connectivity index (χ2v) is 5.03. The monoisotopic (exact) mass is 282 g/mol. The lowest BCUT2D eigenvalue weighted by Gasteiger charge is -1.99. The summed E-state index contributed by atoms with van der Waals surface area (Å²) in [5.41, 5.74) is 1.42. The summed E-state index contributed by atoms with van der Waals surface area (Å²) < 4.78 is 1.77. The summed E-state index contributed by atoms with van der Waals surface area (Å²) >= 11 is 1.37. The number of hydrogen-bond acceptors (Lipinski definition) is 4. The minimum Gasteiger partial charge on any atom is -0.333 e. The van der Waals surface area contributed by atoms with Crippen LogP contribution in [0.2, 0.25) is 0 Å². The van der Waals surface area contributed by atoms with Gasteiger partial charge in [0.1, 0.15) is 6.54 Å². The Morgan fingerprint density at radius 2 is 2.30 bits per heavy atom. The molecule has 1 N–H and O–H groups in total. The van der Waals surface area contributed by atoms with Crippen molar-refractivity contribution in [3.8, 4) is 6.07 Å². The molecule has 2 aromatic heterocycles. The van der Waals surface area contributed by atoms with Crippen LogP contribution in [0.1, 0.15) is 10.4 Å². The lowest BCUT2D eigenvalue weighted by atomic mass is 10.1. The molecule has 0 saturated heterocycles. The molecule has 0 aliphatic heterocycles. The van der Waals surface area contributed by atoms with Crippen molar-refractivity contribution >= 4 is 33.3 Å². The van der Waals surface area contributed by atoms with E-state index in [4.69, 9.17) is 5.26 Å². The summed E-state index contributed by atoms with van der Waals surface area (Å²) in [6.07, 6.45) is 3.34. The van der Waals surface area contributed by atoms with Crippen LogP contribution in [-0.2, 0) is 6.54 Å². The number of para-hydroxylation sites is 1. The number of aromatic nitrogens is 2. The van der Waals surface area contributed by atoms with Gasteiger partial charge in [-0.3, -0.25) is 10.1 Å². The Kier molecular flexibility index (Phi) is 3.19. The lowest BCUT2D eigenvalue weighted by Crippen LogP contribution is -2.11. The van der Waals surface area contributed by atoms with Gasteiger partial charge in [0.05, 0.1) is 11.6 Å². The zero-order valence-electron chi connectivity index (χ0n) is 10.4. The number of nitrogens with zero attached hydrogens (tertiary/aromatic N) is 3. The molecule has 0 aliphatic rings. The number of thiazole rings is 1. The molecule has 6 heteroatoms. The van der Waals surface area contributed by atoms with E-state index < -0.39 is 0 Å². The molecule has 0 aliphatic carbocycles. The number of nitrogens with one attached hydrogen (secondary N) is 1. The van der Waals surface area contributed by atoms with E-state index in [0.29, 0.717) is 10.7 Å². The van der Waals surface area contributed by atoms with Gasteiger partial charge in [-0.2, -0.15) is 5.26 Å². The zero-order valence-corrected chi connectivity index (χ0v) is 11.2.